The summed E-state index contributed by atoms with van der Waals surface area (Å²) in [5, 5.41) is 3.49. The van der Waals surface area contributed by atoms with Gasteiger partial charge in [-0.1, -0.05) is 0 Å². The first kappa shape index (κ1) is 8.02. The summed E-state index contributed by atoms with van der Waals surface area (Å²) in [4.78, 5) is 2.25. The maximum atomic E-state index is 3.49. The highest BCUT2D eigenvalue weighted by molar-refractivity contribution is 4.74. The summed E-state index contributed by atoms with van der Waals surface area (Å²) in [5.41, 5.74) is 0. The highest BCUT2D eigenvalue weighted by Gasteiger charge is 2.12. The molecule has 10 heavy (non-hydrogen) atoms. The minimum absolute atomic E-state index is 0.808. The first-order valence-electron chi connectivity index (χ1n) is 4.17. The van der Waals surface area contributed by atoms with Crippen LogP contribution >= 0.6 is 0 Å². The third-order valence-electron chi connectivity index (χ3n) is 2.09. The molecule has 0 radical (unpaired) electrons. The van der Waals surface area contributed by atoms with Crippen LogP contribution in [0.5, 0.6) is 0 Å². The first-order valence-corrected chi connectivity index (χ1v) is 4.17. The molecule has 1 unspecified atom stereocenters. The molecule has 0 aliphatic carbocycles. The van der Waals surface area contributed by atoms with E-state index in [0.717, 1.165) is 6.04 Å². The van der Waals surface area contributed by atoms with Crippen molar-refractivity contribution < 1.29 is 0 Å². The van der Waals surface area contributed by atoms with Gasteiger partial charge >= 0.3 is 0 Å². The molecule has 0 spiro atoms. The lowest BCUT2D eigenvalue weighted by Gasteiger charge is -2.13. The first-order chi connectivity index (χ1) is 4.79. The van der Waals surface area contributed by atoms with Crippen LogP contribution in [0.25, 0.3) is 0 Å². The van der Waals surface area contributed by atoms with Crippen molar-refractivity contribution in [2.45, 2.75) is 25.3 Å². The van der Waals surface area contributed by atoms with Gasteiger partial charge in [0.2, 0.25) is 0 Å². The van der Waals surface area contributed by atoms with Crippen LogP contribution in [0.15, 0.2) is 0 Å². The van der Waals surface area contributed by atoms with Gasteiger partial charge in [0.05, 0.1) is 0 Å². The number of hydrogen-bond acceptors (Lipinski definition) is 2. The summed E-state index contributed by atoms with van der Waals surface area (Å²) < 4.78 is 0. The monoisotopic (exact) mass is 142 g/mol. The minimum Gasteiger partial charge on any atom is -0.314 e. The van der Waals surface area contributed by atoms with Crippen LogP contribution in [0.4, 0.5) is 0 Å². The average Bonchev–Trinajstić information content (AvgIpc) is 2.34. The van der Waals surface area contributed by atoms with Crippen molar-refractivity contribution in [2.24, 2.45) is 0 Å². The van der Waals surface area contributed by atoms with Crippen molar-refractivity contribution in [1.29, 1.82) is 0 Å². The van der Waals surface area contributed by atoms with E-state index in [1.165, 1.54) is 32.4 Å². The Hall–Kier alpha value is -0.0800. The summed E-state index contributed by atoms with van der Waals surface area (Å²) in [7, 11) is 4.27. The lowest BCUT2D eigenvalue weighted by molar-refractivity contribution is 0.371. The van der Waals surface area contributed by atoms with Crippen LogP contribution in [-0.2, 0) is 0 Å². The molecule has 1 rings (SSSR count). The Labute approximate surface area is 63.6 Å². The Morgan fingerprint density at radius 2 is 2.30 bits per heavy atom. The van der Waals surface area contributed by atoms with Gasteiger partial charge in [0.25, 0.3) is 0 Å². The molecule has 1 fully saturated rings. The fourth-order valence-corrected chi connectivity index (χ4v) is 1.42. The molecule has 0 saturated carbocycles. The third kappa shape index (κ3) is 2.67. The maximum Gasteiger partial charge on any atom is 0.00797 e. The van der Waals surface area contributed by atoms with Gasteiger partial charge in [-0.05, 0) is 46.4 Å². The molecule has 1 aliphatic rings. The van der Waals surface area contributed by atoms with E-state index >= 15 is 0 Å². The van der Waals surface area contributed by atoms with Crippen LogP contribution in [0.2, 0.25) is 0 Å². The van der Waals surface area contributed by atoms with Gasteiger partial charge in [-0.25, -0.2) is 0 Å². The van der Waals surface area contributed by atoms with Crippen LogP contribution in [0.3, 0.4) is 0 Å². The molecule has 1 aliphatic heterocycles. The number of rotatable bonds is 3. The van der Waals surface area contributed by atoms with Crippen molar-refractivity contribution in [2.75, 3.05) is 27.2 Å². The van der Waals surface area contributed by atoms with E-state index in [2.05, 4.69) is 24.3 Å². The Kier molecular flexibility index (Phi) is 3.16. The van der Waals surface area contributed by atoms with Gasteiger partial charge in [0.1, 0.15) is 0 Å². The van der Waals surface area contributed by atoms with Crippen LogP contribution < -0.4 is 5.32 Å². The molecule has 2 nitrogen and oxygen atoms in total. The Balaban J connectivity index is 2.01. The normalized spacial score (nSPS) is 26.1. The van der Waals surface area contributed by atoms with Crippen LogP contribution in [-0.4, -0.2) is 38.1 Å². The van der Waals surface area contributed by atoms with Crippen molar-refractivity contribution in [3.05, 3.63) is 0 Å². The second kappa shape index (κ2) is 3.94. The molecule has 1 heterocycles. The van der Waals surface area contributed by atoms with Gasteiger partial charge in [-0.3, -0.25) is 0 Å². The summed E-state index contributed by atoms with van der Waals surface area (Å²) in [5.74, 6) is 0. The SMILES string of the molecule is CN(C)CCC1CCCN1. The highest BCUT2D eigenvalue weighted by Crippen LogP contribution is 2.08. The number of hydrogen-bond donors (Lipinski definition) is 1. The van der Waals surface area contributed by atoms with E-state index in [0.29, 0.717) is 0 Å². The lowest BCUT2D eigenvalue weighted by atomic mass is 10.1. The zero-order chi connectivity index (χ0) is 7.40. The highest BCUT2D eigenvalue weighted by atomic mass is 15.1. The van der Waals surface area contributed by atoms with Crippen molar-refractivity contribution in [1.82, 2.24) is 10.2 Å². The van der Waals surface area contributed by atoms with Gasteiger partial charge in [-0.15, -0.1) is 0 Å². The molecule has 1 saturated heterocycles. The van der Waals surface area contributed by atoms with Gasteiger partial charge in [0, 0.05) is 6.04 Å². The Morgan fingerprint density at radius 3 is 2.80 bits per heavy atom. The summed E-state index contributed by atoms with van der Waals surface area (Å²) in [6, 6.07) is 0.808. The van der Waals surface area contributed by atoms with E-state index in [4.69, 9.17) is 0 Å². The second-order valence-electron chi connectivity index (χ2n) is 3.39. The average molecular weight is 142 g/mol. The van der Waals surface area contributed by atoms with Gasteiger partial charge < -0.3 is 10.2 Å². The molecular formula is C8H18N2. The molecule has 2 heteroatoms. The van der Waals surface area contributed by atoms with E-state index in [-0.39, 0.29) is 0 Å². The van der Waals surface area contributed by atoms with E-state index in [1.54, 1.807) is 0 Å². The zero-order valence-electron chi connectivity index (χ0n) is 7.06. The fraction of sp³-hybridized carbons (Fsp3) is 1.00. The molecule has 0 bridgehead atoms. The topological polar surface area (TPSA) is 15.3 Å². The number of nitrogens with one attached hydrogen (secondary N) is 1. The van der Waals surface area contributed by atoms with E-state index in [9.17, 15) is 0 Å². The van der Waals surface area contributed by atoms with Crippen LogP contribution in [0, 0.1) is 0 Å². The third-order valence-corrected chi connectivity index (χ3v) is 2.09. The standard InChI is InChI=1S/C8H18N2/c1-10(2)7-5-8-4-3-6-9-8/h8-9H,3-7H2,1-2H3. The molecule has 1 N–H and O–H groups in total. The summed E-state index contributed by atoms with van der Waals surface area (Å²) in [6.45, 7) is 2.45. The smallest absolute Gasteiger partial charge is 0.00797 e. The van der Waals surface area contributed by atoms with Crippen LogP contribution in [0.1, 0.15) is 19.3 Å². The summed E-state index contributed by atoms with van der Waals surface area (Å²) >= 11 is 0. The van der Waals surface area contributed by atoms with Gasteiger partial charge in [-0.2, -0.15) is 0 Å². The largest absolute Gasteiger partial charge is 0.314 e. The van der Waals surface area contributed by atoms with Crippen molar-refractivity contribution in [3.63, 3.8) is 0 Å². The fourth-order valence-electron chi connectivity index (χ4n) is 1.42. The van der Waals surface area contributed by atoms with E-state index in [1.807, 2.05) is 0 Å². The predicted octanol–water partition coefficient (Wildman–Crippen LogP) is 0.690. The second-order valence-corrected chi connectivity index (χ2v) is 3.39. The molecule has 0 aromatic rings. The minimum atomic E-state index is 0.808. The molecular weight excluding hydrogens is 124 g/mol. The van der Waals surface area contributed by atoms with Gasteiger partial charge in [0.15, 0.2) is 0 Å². The maximum absolute atomic E-state index is 3.49. The quantitative estimate of drug-likeness (QED) is 0.623. The van der Waals surface area contributed by atoms with E-state index < -0.39 is 0 Å². The molecule has 0 aromatic heterocycles. The molecule has 0 aromatic carbocycles. The Bertz CT molecular complexity index is 85.3. The van der Waals surface area contributed by atoms with Crippen molar-refractivity contribution >= 4 is 0 Å². The Morgan fingerprint density at radius 1 is 1.50 bits per heavy atom. The molecule has 1 atom stereocenters. The number of nitrogens with zero attached hydrogens (tertiary/aromatic N) is 1. The molecule has 60 valence electrons. The van der Waals surface area contributed by atoms with Crippen molar-refractivity contribution in [3.8, 4) is 0 Å². The lowest BCUT2D eigenvalue weighted by Crippen LogP contribution is -2.26. The predicted molar refractivity (Wildman–Crippen MR) is 44.2 cm³/mol. The molecule has 0 amide bonds. The zero-order valence-corrected chi connectivity index (χ0v) is 7.06. The summed E-state index contributed by atoms with van der Waals surface area (Å²) in [6.07, 6.45) is 4.07.